The summed E-state index contributed by atoms with van der Waals surface area (Å²) in [5.41, 5.74) is 1.35. The fraction of sp³-hybridized carbons (Fsp3) is 0.857. The van der Waals surface area contributed by atoms with Crippen LogP contribution in [0.25, 0.3) is 0 Å². The van der Waals surface area contributed by atoms with E-state index in [4.69, 9.17) is 4.74 Å². The van der Waals surface area contributed by atoms with Crippen LogP contribution in [-0.2, 0) is 4.74 Å². The zero-order valence-electron chi connectivity index (χ0n) is 11.3. The van der Waals surface area contributed by atoms with Crippen LogP contribution in [0.5, 0.6) is 0 Å². The van der Waals surface area contributed by atoms with Gasteiger partial charge in [-0.3, -0.25) is 0 Å². The molecule has 1 unspecified atom stereocenters. The summed E-state index contributed by atoms with van der Waals surface area (Å²) in [6.45, 7) is 13.4. The maximum Gasteiger partial charge on any atom is 0.0466 e. The number of ether oxygens (including phenoxy) is 1. The Morgan fingerprint density at radius 1 is 1.31 bits per heavy atom. The third kappa shape index (κ3) is 8.93. The molecular formula is C14H29NO. The lowest BCUT2D eigenvalue weighted by atomic mass is 10.0. The minimum Gasteiger partial charge on any atom is -0.382 e. The summed E-state index contributed by atoms with van der Waals surface area (Å²) in [6.07, 6.45) is 5.74. The maximum atomic E-state index is 5.37. The highest BCUT2D eigenvalue weighted by molar-refractivity contribution is 4.96. The lowest BCUT2D eigenvalue weighted by molar-refractivity contribution is 0.140. The topological polar surface area (TPSA) is 21.3 Å². The van der Waals surface area contributed by atoms with Crippen molar-refractivity contribution in [1.82, 2.24) is 5.32 Å². The van der Waals surface area contributed by atoms with Crippen molar-refractivity contribution in [3.8, 4) is 0 Å². The molecule has 1 N–H and O–H groups in total. The zero-order valence-corrected chi connectivity index (χ0v) is 11.3. The summed E-state index contributed by atoms with van der Waals surface area (Å²) in [6, 6.07) is 0.591. The van der Waals surface area contributed by atoms with Crippen LogP contribution in [0.2, 0.25) is 0 Å². The summed E-state index contributed by atoms with van der Waals surface area (Å²) < 4.78 is 5.37. The normalized spacial score (nSPS) is 12.7. The first-order valence-corrected chi connectivity index (χ1v) is 6.72. The van der Waals surface area contributed by atoms with Crippen LogP contribution in [0.1, 0.15) is 52.9 Å². The number of nitrogens with one attached hydrogen (secondary N) is 1. The zero-order chi connectivity index (χ0) is 12.2. The molecule has 0 radical (unpaired) electrons. The second kappa shape index (κ2) is 11.2. The van der Waals surface area contributed by atoms with E-state index in [1.807, 2.05) is 6.92 Å². The summed E-state index contributed by atoms with van der Waals surface area (Å²) in [7, 11) is 0. The van der Waals surface area contributed by atoms with Gasteiger partial charge in [-0.1, -0.05) is 26.0 Å². The molecule has 0 aromatic rings. The average Bonchev–Trinajstić information content (AvgIpc) is 2.30. The molecule has 0 saturated heterocycles. The van der Waals surface area contributed by atoms with Crippen molar-refractivity contribution in [3.63, 3.8) is 0 Å². The van der Waals surface area contributed by atoms with Crippen LogP contribution in [0.4, 0.5) is 0 Å². The van der Waals surface area contributed by atoms with Gasteiger partial charge in [-0.25, -0.2) is 0 Å². The van der Waals surface area contributed by atoms with Crippen LogP contribution in [0, 0.1) is 0 Å². The van der Waals surface area contributed by atoms with Crippen molar-refractivity contribution in [2.24, 2.45) is 0 Å². The molecule has 96 valence electrons. The molecule has 0 amide bonds. The Kier molecular flexibility index (Phi) is 10.9. The van der Waals surface area contributed by atoms with Crippen LogP contribution < -0.4 is 5.32 Å². The van der Waals surface area contributed by atoms with Gasteiger partial charge in [-0.2, -0.15) is 0 Å². The molecule has 1 atom stereocenters. The highest BCUT2D eigenvalue weighted by Gasteiger charge is 2.08. The highest BCUT2D eigenvalue weighted by Crippen LogP contribution is 2.11. The van der Waals surface area contributed by atoms with Gasteiger partial charge in [-0.15, -0.1) is 0 Å². The Morgan fingerprint density at radius 3 is 2.62 bits per heavy atom. The molecule has 2 nitrogen and oxygen atoms in total. The van der Waals surface area contributed by atoms with Gasteiger partial charge < -0.3 is 10.1 Å². The van der Waals surface area contributed by atoms with E-state index in [9.17, 15) is 0 Å². The molecule has 0 aliphatic rings. The summed E-state index contributed by atoms with van der Waals surface area (Å²) in [5, 5.41) is 3.60. The van der Waals surface area contributed by atoms with E-state index in [-0.39, 0.29) is 0 Å². The average molecular weight is 227 g/mol. The van der Waals surface area contributed by atoms with Crippen molar-refractivity contribution in [2.45, 2.75) is 58.9 Å². The lowest BCUT2D eigenvalue weighted by Gasteiger charge is -2.19. The summed E-state index contributed by atoms with van der Waals surface area (Å²) in [5.74, 6) is 0. The lowest BCUT2D eigenvalue weighted by Crippen LogP contribution is -2.30. The van der Waals surface area contributed by atoms with Gasteiger partial charge >= 0.3 is 0 Å². The maximum absolute atomic E-state index is 5.37. The van der Waals surface area contributed by atoms with E-state index >= 15 is 0 Å². The second-order valence-corrected chi connectivity index (χ2v) is 4.30. The fourth-order valence-electron chi connectivity index (χ4n) is 1.69. The third-order valence-electron chi connectivity index (χ3n) is 2.76. The van der Waals surface area contributed by atoms with Gasteiger partial charge in [0.05, 0.1) is 0 Å². The van der Waals surface area contributed by atoms with Gasteiger partial charge in [0, 0.05) is 19.3 Å². The quantitative estimate of drug-likeness (QED) is 0.431. The number of hydrogen-bond donors (Lipinski definition) is 1. The van der Waals surface area contributed by atoms with Gasteiger partial charge in [0.25, 0.3) is 0 Å². The van der Waals surface area contributed by atoms with E-state index in [0.717, 1.165) is 39.0 Å². The molecule has 0 spiro atoms. The molecule has 0 saturated carbocycles. The standard InChI is InChI=1S/C14H29NO/c1-5-10-15-14(12-13(4)6-2)9-8-11-16-7-3/h14-15H,4-12H2,1-3H3. The Balaban J connectivity index is 3.75. The highest BCUT2D eigenvalue weighted by atomic mass is 16.5. The predicted molar refractivity (Wildman–Crippen MR) is 71.9 cm³/mol. The molecule has 0 heterocycles. The molecule has 0 bridgehead atoms. The summed E-state index contributed by atoms with van der Waals surface area (Å²) in [4.78, 5) is 0. The monoisotopic (exact) mass is 227 g/mol. The summed E-state index contributed by atoms with van der Waals surface area (Å²) >= 11 is 0. The first-order chi connectivity index (χ1) is 7.74. The molecule has 0 aliphatic heterocycles. The Labute approximate surface area is 101 Å². The largest absolute Gasteiger partial charge is 0.382 e. The first-order valence-electron chi connectivity index (χ1n) is 6.72. The first kappa shape index (κ1) is 15.7. The van der Waals surface area contributed by atoms with E-state index in [2.05, 4.69) is 25.7 Å². The van der Waals surface area contributed by atoms with Gasteiger partial charge in [-0.05, 0) is 45.6 Å². The van der Waals surface area contributed by atoms with Crippen molar-refractivity contribution in [2.75, 3.05) is 19.8 Å². The fourth-order valence-corrected chi connectivity index (χ4v) is 1.69. The second-order valence-electron chi connectivity index (χ2n) is 4.30. The molecular weight excluding hydrogens is 198 g/mol. The van der Waals surface area contributed by atoms with Crippen molar-refractivity contribution >= 4 is 0 Å². The molecule has 0 aromatic carbocycles. The molecule has 0 fully saturated rings. The van der Waals surface area contributed by atoms with Crippen LogP contribution in [-0.4, -0.2) is 25.8 Å². The Hall–Kier alpha value is -0.340. The van der Waals surface area contributed by atoms with Crippen molar-refractivity contribution in [1.29, 1.82) is 0 Å². The molecule has 0 rings (SSSR count). The molecule has 2 heteroatoms. The van der Waals surface area contributed by atoms with Crippen molar-refractivity contribution < 1.29 is 4.74 Å². The molecule has 0 aromatic heterocycles. The minimum absolute atomic E-state index is 0.591. The van der Waals surface area contributed by atoms with Crippen molar-refractivity contribution in [3.05, 3.63) is 12.2 Å². The van der Waals surface area contributed by atoms with Crippen LogP contribution in [0.3, 0.4) is 0 Å². The van der Waals surface area contributed by atoms with E-state index in [1.54, 1.807) is 0 Å². The van der Waals surface area contributed by atoms with Crippen LogP contribution in [0.15, 0.2) is 12.2 Å². The van der Waals surface area contributed by atoms with Gasteiger partial charge in [0.15, 0.2) is 0 Å². The minimum atomic E-state index is 0.591. The predicted octanol–water partition coefficient (Wildman–Crippen LogP) is 3.53. The van der Waals surface area contributed by atoms with Gasteiger partial charge in [0.1, 0.15) is 0 Å². The Morgan fingerprint density at radius 2 is 2.06 bits per heavy atom. The number of hydrogen-bond acceptors (Lipinski definition) is 2. The molecule has 0 aliphatic carbocycles. The Bertz CT molecular complexity index is 168. The van der Waals surface area contributed by atoms with E-state index in [1.165, 1.54) is 18.4 Å². The third-order valence-corrected chi connectivity index (χ3v) is 2.76. The molecule has 16 heavy (non-hydrogen) atoms. The van der Waals surface area contributed by atoms with Crippen LogP contribution >= 0.6 is 0 Å². The van der Waals surface area contributed by atoms with Gasteiger partial charge in [0.2, 0.25) is 0 Å². The van der Waals surface area contributed by atoms with E-state index < -0.39 is 0 Å². The number of rotatable bonds is 11. The smallest absolute Gasteiger partial charge is 0.0466 e. The van der Waals surface area contributed by atoms with E-state index in [0.29, 0.717) is 6.04 Å². The SMILES string of the molecule is C=C(CC)CC(CCCOCC)NCCC.